The molecule has 0 radical (unpaired) electrons. The van der Waals surface area contributed by atoms with E-state index in [1.807, 2.05) is 0 Å². The van der Waals surface area contributed by atoms with Gasteiger partial charge in [0.25, 0.3) is 0 Å². The highest BCUT2D eigenvalue weighted by molar-refractivity contribution is 5.45. The van der Waals surface area contributed by atoms with Crippen LogP contribution in [0.4, 0.5) is 5.69 Å². The van der Waals surface area contributed by atoms with Crippen molar-refractivity contribution in [3.63, 3.8) is 0 Å². The minimum atomic E-state index is 0.352. The summed E-state index contributed by atoms with van der Waals surface area (Å²) in [5, 5.41) is 0. The first-order valence-electron chi connectivity index (χ1n) is 4.75. The fourth-order valence-electron chi connectivity index (χ4n) is 1.49. The summed E-state index contributed by atoms with van der Waals surface area (Å²) in [5.74, 6) is 0. The summed E-state index contributed by atoms with van der Waals surface area (Å²) >= 11 is 0. The van der Waals surface area contributed by atoms with E-state index >= 15 is 0 Å². The van der Waals surface area contributed by atoms with E-state index in [1.54, 1.807) is 0 Å². The zero-order valence-corrected chi connectivity index (χ0v) is 9.04. The minimum Gasteiger partial charge on any atom is -0.374 e. The van der Waals surface area contributed by atoms with E-state index < -0.39 is 0 Å². The quantitative estimate of drug-likeness (QED) is 0.670. The van der Waals surface area contributed by atoms with Crippen LogP contribution in [0.15, 0.2) is 30.3 Å². The van der Waals surface area contributed by atoms with Crippen LogP contribution in [-0.2, 0) is 0 Å². The Labute approximate surface area is 81.4 Å². The first-order chi connectivity index (χ1) is 5.99. The SMILES string of the molecule is CN(CC(C)(C)C)c1ccccc1. The molecule has 0 saturated heterocycles. The van der Waals surface area contributed by atoms with Crippen LogP contribution in [0.3, 0.4) is 0 Å². The van der Waals surface area contributed by atoms with Gasteiger partial charge in [0.05, 0.1) is 0 Å². The zero-order valence-electron chi connectivity index (χ0n) is 9.04. The van der Waals surface area contributed by atoms with Gasteiger partial charge in [-0.15, -0.1) is 0 Å². The first kappa shape index (κ1) is 10.1. The van der Waals surface area contributed by atoms with Crippen molar-refractivity contribution in [1.82, 2.24) is 0 Å². The molecule has 0 bridgehead atoms. The molecule has 1 heteroatoms. The molecule has 0 spiro atoms. The molecule has 13 heavy (non-hydrogen) atoms. The monoisotopic (exact) mass is 177 g/mol. The van der Waals surface area contributed by atoms with Crippen LogP contribution in [0.25, 0.3) is 0 Å². The van der Waals surface area contributed by atoms with E-state index in [0.717, 1.165) is 6.54 Å². The third-order valence-electron chi connectivity index (χ3n) is 1.91. The van der Waals surface area contributed by atoms with Crippen LogP contribution in [0, 0.1) is 5.41 Å². The van der Waals surface area contributed by atoms with Gasteiger partial charge in [-0.25, -0.2) is 0 Å². The largest absolute Gasteiger partial charge is 0.374 e. The van der Waals surface area contributed by atoms with Crippen molar-refractivity contribution in [2.24, 2.45) is 5.41 Å². The summed E-state index contributed by atoms with van der Waals surface area (Å²) < 4.78 is 0. The Balaban J connectivity index is 2.64. The molecular weight excluding hydrogens is 158 g/mol. The lowest BCUT2D eigenvalue weighted by Crippen LogP contribution is -2.28. The Morgan fingerprint density at radius 2 is 1.62 bits per heavy atom. The Morgan fingerprint density at radius 3 is 2.08 bits per heavy atom. The standard InChI is InChI=1S/C12H19N/c1-12(2,3)10-13(4)11-8-6-5-7-9-11/h5-9H,10H2,1-4H3. The predicted octanol–water partition coefficient (Wildman–Crippen LogP) is 3.17. The molecule has 1 aromatic rings. The highest BCUT2D eigenvalue weighted by Crippen LogP contribution is 2.19. The molecule has 0 atom stereocenters. The smallest absolute Gasteiger partial charge is 0.0363 e. The van der Waals surface area contributed by atoms with Crippen LogP contribution in [0.5, 0.6) is 0 Å². The molecule has 1 rings (SSSR count). The second kappa shape index (κ2) is 3.82. The Hall–Kier alpha value is -0.980. The minimum absolute atomic E-state index is 0.352. The lowest BCUT2D eigenvalue weighted by Gasteiger charge is -2.28. The van der Waals surface area contributed by atoms with E-state index in [2.05, 4.69) is 63.1 Å². The van der Waals surface area contributed by atoms with Gasteiger partial charge in [-0.1, -0.05) is 39.0 Å². The van der Waals surface area contributed by atoms with Crippen LogP contribution in [-0.4, -0.2) is 13.6 Å². The summed E-state index contributed by atoms with van der Waals surface area (Å²) in [6.45, 7) is 7.85. The molecule has 0 fully saturated rings. The van der Waals surface area contributed by atoms with Crippen molar-refractivity contribution in [2.45, 2.75) is 20.8 Å². The van der Waals surface area contributed by atoms with Gasteiger partial charge in [-0.05, 0) is 17.5 Å². The van der Waals surface area contributed by atoms with Gasteiger partial charge in [-0.3, -0.25) is 0 Å². The van der Waals surface area contributed by atoms with Gasteiger partial charge in [0.1, 0.15) is 0 Å². The number of para-hydroxylation sites is 1. The third kappa shape index (κ3) is 3.49. The van der Waals surface area contributed by atoms with Gasteiger partial charge in [0, 0.05) is 19.3 Å². The molecule has 0 aliphatic heterocycles. The maximum atomic E-state index is 2.29. The van der Waals surface area contributed by atoms with Gasteiger partial charge < -0.3 is 4.90 Å². The van der Waals surface area contributed by atoms with Crippen molar-refractivity contribution in [3.8, 4) is 0 Å². The van der Waals surface area contributed by atoms with E-state index in [-0.39, 0.29) is 0 Å². The molecule has 0 aromatic heterocycles. The molecule has 0 heterocycles. The normalized spacial score (nSPS) is 11.4. The molecule has 0 amide bonds. The molecule has 0 aliphatic rings. The van der Waals surface area contributed by atoms with E-state index in [0.29, 0.717) is 5.41 Å². The molecule has 0 unspecified atom stereocenters. The van der Waals surface area contributed by atoms with Crippen molar-refractivity contribution in [1.29, 1.82) is 0 Å². The Kier molecular flexibility index (Phi) is 2.97. The highest BCUT2D eigenvalue weighted by Gasteiger charge is 2.13. The van der Waals surface area contributed by atoms with Crippen molar-refractivity contribution < 1.29 is 0 Å². The van der Waals surface area contributed by atoms with Crippen LogP contribution < -0.4 is 4.90 Å². The highest BCUT2D eigenvalue weighted by atomic mass is 15.1. The average molecular weight is 177 g/mol. The molecule has 0 aliphatic carbocycles. The number of hydrogen-bond donors (Lipinski definition) is 0. The number of hydrogen-bond acceptors (Lipinski definition) is 1. The molecule has 1 nitrogen and oxygen atoms in total. The summed E-state index contributed by atoms with van der Waals surface area (Å²) in [6, 6.07) is 10.5. The number of benzene rings is 1. The molecule has 0 saturated carbocycles. The van der Waals surface area contributed by atoms with Gasteiger partial charge >= 0.3 is 0 Å². The topological polar surface area (TPSA) is 3.24 Å². The molecule has 0 N–H and O–H groups in total. The summed E-state index contributed by atoms with van der Waals surface area (Å²) in [7, 11) is 2.14. The third-order valence-corrected chi connectivity index (χ3v) is 1.91. The van der Waals surface area contributed by atoms with E-state index in [4.69, 9.17) is 0 Å². The van der Waals surface area contributed by atoms with Crippen LogP contribution in [0.2, 0.25) is 0 Å². The second-order valence-electron chi connectivity index (χ2n) is 4.75. The number of rotatable bonds is 2. The summed E-state index contributed by atoms with van der Waals surface area (Å²) in [5.41, 5.74) is 1.64. The van der Waals surface area contributed by atoms with Crippen molar-refractivity contribution in [3.05, 3.63) is 30.3 Å². The van der Waals surface area contributed by atoms with Crippen LogP contribution >= 0.6 is 0 Å². The van der Waals surface area contributed by atoms with Gasteiger partial charge in [0.15, 0.2) is 0 Å². The van der Waals surface area contributed by atoms with E-state index in [9.17, 15) is 0 Å². The zero-order chi connectivity index (χ0) is 9.90. The van der Waals surface area contributed by atoms with Gasteiger partial charge in [-0.2, -0.15) is 0 Å². The van der Waals surface area contributed by atoms with Crippen molar-refractivity contribution >= 4 is 5.69 Å². The number of anilines is 1. The molecule has 72 valence electrons. The lowest BCUT2D eigenvalue weighted by molar-refractivity contribution is 0.419. The predicted molar refractivity (Wildman–Crippen MR) is 59.2 cm³/mol. The molecular formula is C12H19N. The maximum Gasteiger partial charge on any atom is 0.0363 e. The molecule has 1 aromatic carbocycles. The first-order valence-corrected chi connectivity index (χ1v) is 4.75. The lowest BCUT2D eigenvalue weighted by atomic mass is 9.96. The Morgan fingerprint density at radius 1 is 1.08 bits per heavy atom. The Bertz CT molecular complexity index is 246. The summed E-state index contributed by atoms with van der Waals surface area (Å²) in [4.78, 5) is 2.29. The fraction of sp³-hybridized carbons (Fsp3) is 0.500. The van der Waals surface area contributed by atoms with Crippen LogP contribution in [0.1, 0.15) is 20.8 Å². The second-order valence-corrected chi connectivity index (χ2v) is 4.75. The van der Waals surface area contributed by atoms with E-state index in [1.165, 1.54) is 5.69 Å². The summed E-state index contributed by atoms with van der Waals surface area (Å²) in [6.07, 6.45) is 0. The number of nitrogens with zero attached hydrogens (tertiary/aromatic N) is 1. The maximum absolute atomic E-state index is 2.29. The van der Waals surface area contributed by atoms with Crippen molar-refractivity contribution in [2.75, 3.05) is 18.5 Å². The fourth-order valence-corrected chi connectivity index (χ4v) is 1.49. The average Bonchev–Trinajstić information content (AvgIpc) is 2.03. The van der Waals surface area contributed by atoms with Gasteiger partial charge in [0.2, 0.25) is 0 Å².